The zero-order valence-corrected chi connectivity index (χ0v) is 23.4. The Kier molecular flexibility index (Phi) is 7.88. The minimum absolute atomic E-state index is 0.00265. The standard InChI is InChI=1S/C29H30N4O4S2/c1-32(2)39(36,37)23-15-9-14-22(18-23)31-29-33(25-17-8-11-20-10-6-7-16-24(20)25)28(35)26(38-29)19-27(34)30-21-12-4-3-5-13-21/h3-7,9-10,12-16,18,25-26H,8,11,17,19H2,1-2H3,(H,30,34)/t25-,26+/m0/s1. The Balaban J connectivity index is 1.49. The van der Waals surface area contributed by atoms with Gasteiger partial charge in [-0.05, 0) is 60.7 Å². The number of sulfonamides is 1. The van der Waals surface area contributed by atoms with E-state index in [2.05, 4.69) is 17.4 Å². The second kappa shape index (κ2) is 11.3. The number of hydrogen-bond donors (Lipinski definition) is 1. The van der Waals surface area contributed by atoms with E-state index < -0.39 is 15.3 Å². The largest absolute Gasteiger partial charge is 0.326 e. The Hall–Kier alpha value is -3.47. The number of aryl methyl sites for hydroxylation is 1. The van der Waals surface area contributed by atoms with Gasteiger partial charge in [0.15, 0.2) is 5.17 Å². The van der Waals surface area contributed by atoms with Crippen LogP contribution in [0, 0.1) is 0 Å². The van der Waals surface area contributed by atoms with Crippen molar-refractivity contribution < 1.29 is 18.0 Å². The van der Waals surface area contributed by atoms with Crippen LogP contribution in [0.1, 0.15) is 36.4 Å². The lowest BCUT2D eigenvalue weighted by atomic mass is 9.87. The number of benzene rings is 3. The van der Waals surface area contributed by atoms with Crippen LogP contribution in [0.3, 0.4) is 0 Å². The molecule has 8 nitrogen and oxygen atoms in total. The smallest absolute Gasteiger partial charge is 0.243 e. The second-order valence-electron chi connectivity index (χ2n) is 9.72. The molecule has 1 heterocycles. The summed E-state index contributed by atoms with van der Waals surface area (Å²) in [6, 6.07) is 23.4. The van der Waals surface area contributed by atoms with Gasteiger partial charge < -0.3 is 5.32 Å². The van der Waals surface area contributed by atoms with Crippen LogP contribution in [0.5, 0.6) is 0 Å². The summed E-state index contributed by atoms with van der Waals surface area (Å²) in [6.45, 7) is 0. The van der Waals surface area contributed by atoms with E-state index in [9.17, 15) is 18.0 Å². The number of thioether (sulfide) groups is 1. The lowest BCUT2D eigenvalue weighted by Gasteiger charge is -2.33. The summed E-state index contributed by atoms with van der Waals surface area (Å²) in [6.07, 6.45) is 2.65. The van der Waals surface area contributed by atoms with Crippen molar-refractivity contribution in [1.82, 2.24) is 9.21 Å². The first-order valence-electron chi connectivity index (χ1n) is 12.8. The summed E-state index contributed by atoms with van der Waals surface area (Å²) in [5.41, 5.74) is 3.39. The number of hydrogen-bond acceptors (Lipinski definition) is 6. The number of amides is 2. The van der Waals surface area contributed by atoms with Gasteiger partial charge in [-0.2, -0.15) is 0 Å². The number of anilines is 1. The lowest BCUT2D eigenvalue weighted by molar-refractivity contribution is -0.129. The molecule has 2 atom stereocenters. The number of nitrogens with zero attached hydrogens (tertiary/aromatic N) is 3. The minimum atomic E-state index is -3.65. The van der Waals surface area contributed by atoms with Crippen LogP contribution in [0.25, 0.3) is 0 Å². The van der Waals surface area contributed by atoms with E-state index in [-0.39, 0.29) is 29.2 Å². The van der Waals surface area contributed by atoms with Gasteiger partial charge in [0.1, 0.15) is 5.25 Å². The van der Waals surface area contributed by atoms with Crippen LogP contribution in [-0.4, -0.2) is 54.0 Å². The monoisotopic (exact) mass is 562 g/mol. The van der Waals surface area contributed by atoms with Gasteiger partial charge in [0, 0.05) is 26.2 Å². The molecule has 10 heteroatoms. The molecule has 5 rings (SSSR count). The van der Waals surface area contributed by atoms with Crippen molar-refractivity contribution in [2.24, 2.45) is 4.99 Å². The first-order valence-corrected chi connectivity index (χ1v) is 15.1. The summed E-state index contributed by atoms with van der Waals surface area (Å²) < 4.78 is 26.6. The van der Waals surface area contributed by atoms with Crippen LogP contribution >= 0.6 is 11.8 Å². The predicted octanol–water partition coefficient (Wildman–Crippen LogP) is 4.97. The number of carbonyl (C=O) groups is 2. The molecule has 2 aliphatic rings. The molecule has 1 aliphatic heterocycles. The quantitative estimate of drug-likeness (QED) is 0.438. The second-order valence-corrected chi connectivity index (χ2v) is 13.0. The number of nitrogens with one attached hydrogen (secondary N) is 1. The molecule has 0 radical (unpaired) electrons. The SMILES string of the molecule is CN(C)S(=O)(=O)c1cccc(N=C2S[C@H](CC(=O)Nc3ccccc3)C(=O)N2[C@H]2CCCc3ccccc32)c1. The molecule has 2 amide bonds. The van der Waals surface area contributed by atoms with Gasteiger partial charge in [-0.25, -0.2) is 17.7 Å². The summed E-state index contributed by atoms with van der Waals surface area (Å²) >= 11 is 1.25. The van der Waals surface area contributed by atoms with E-state index >= 15 is 0 Å². The fourth-order valence-electron chi connectivity index (χ4n) is 4.91. The van der Waals surface area contributed by atoms with Crippen molar-refractivity contribution in [1.29, 1.82) is 0 Å². The predicted molar refractivity (Wildman–Crippen MR) is 154 cm³/mol. The third kappa shape index (κ3) is 5.78. The highest BCUT2D eigenvalue weighted by atomic mass is 32.2. The van der Waals surface area contributed by atoms with Crippen LogP contribution in [-0.2, 0) is 26.0 Å². The van der Waals surface area contributed by atoms with Crippen molar-refractivity contribution in [2.75, 3.05) is 19.4 Å². The van der Waals surface area contributed by atoms with Crippen molar-refractivity contribution in [3.63, 3.8) is 0 Å². The van der Waals surface area contributed by atoms with E-state index in [1.54, 1.807) is 29.2 Å². The van der Waals surface area contributed by atoms with Crippen molar-refractivity contribution >= 4 is 50.1 Å². The first-order chi connectivity index (χ1) is 18.7. The third-order valence-electron chi connectivity index (χ3n) is 6.87. The maximum Gasteiger partial charge on any atom is 0.243 e. The number of rotatable bonds is 7. The van der Waals surface area contributed by atoms with E-state index in [1.807, 2.05) is 30.3 Å². The highest BCUT2D eigenvalue weighted by molar-refractivity contribution is 8.15. The van der Waals surface area contributed by atoms with Crippen LogP contribution in [0.2, 0.25) is 0 Å². The lowest BCUT2D eigenvalue weighted by Crippen LogP contribution is -2.38. The highest BCUT2D eigenvalue weighted by Crippen LogP contribution is 2.42. The fourth-order valence-corrected chi connectivity index (χ4v) is 7.05. The van der Waals surface area contributed by atoms with Gasteiger partial charge >= 0.3 is 0 Å². The molecule has 1 saturated heterocycles. The highest BCUT2D eigenvalue weighted by Gasteiger charge is 2.44. The molecule has 1 N–H and O–H groups in total. The zero-order valence-electron chi connectivity index (χ0n) is 21.8. The average molecular weight is 563 g/mol. The van der Waals surface area contributed by atoms with Gasteiger partial charge in [0.05, 0.1) is 16.6 Å². The molecule has 0 saturated carbocycles. The van der Waals surface area contributed by atoms with E-state index in [0.717, 1.165) is 29.1 Å². The number of amidine groups is 1. The number of fused-ring (bicyclic) bond motifs is 1. The van der Waals surface area contributed by atoms with Crippen molar-refractivity contribution in [3.05, 3.63) is 90.0 Å². The molecule has 39 heavy (non-hydrogen) atoms. The average Bonchev–Trinajstić information content (AvgIpc) is 3.22. The van der Waals surface area contributed by atoms with Crippen molar-refractivity contribution in [3.8, 4) is 0 Å². The Morgan fingerprint density at radius 2 is 1.79 bits per heavy atom. The van der Waals surface area contributed by atoms with Crippen LogP contribution < -0.4 is 5.32 Å². The maximum absolute atomic E-state index is 13.9. The Labute approximate surface area is 233 Å². The van der Waals surface area contributed by atoms with Crippen molar-refractivity contribution in [2.45, 2.75) is 41.9 Å². The normalized spacial score (nSPS) is 20.3. The summed E-state index contributed by atoms with van der Waals surface area (Å²) in [5, 5.41) is 2.69. The first kappa shape index (κ1) is 27.1. The summed E-state index contributed by atoms with van der Waals surface area (Å²) in [7, 11) is -0.693. The molecule has 202 valence electrons. The Morgan fingerprint density at radius 3 is 2.56 bits per heavy atom. The molecule has 0 spiro atoms. The molecule has 3 aromatic carbocycles. The Bertz CT molecular complexity index is 1520. The minimum Gasteiger partial charge on any atom is -0.326 e. The number of carbonyl (C=O) groups excluding carboxylic acids is 2. The number of aliphatic imine (C=N–C) groups is 1. The molecular formula is C29H30N4O4S2. The number of para-hydroxylation sites is 1. The molecule has 3 aromatic rings. The van der Waals surface area contributed by atoms with E-state index in [4.69, 9.17) is 4.99 Å². The van der Waals surface area contributed by atoms with Gasteiger partial charge in [-0.1, -0.05) is 60.3 Å². The third-order valence-corrected chi connectivity index (χ3v) is 9.83. The molecule has 0 bridgehead atoms. The van der Waals surface area contributed by atoms with Gasteiger partial charge in [0.25, 0.3) is 0 Å². The molecule has 1 aliphatic carbocycles. The zero-order chi connectivity index (χ0) is 27.6. The summed E-state index contributed by atoms with van der Waals surface area (Å²) in [4.78, 5) is 33.4. The molecule has 1 fully saturated rings. The van der Waals surface area contributed by atoms with Crippen LogP contribution in [0.15, 0.2) is 88.8 Å². The maximum atomic E-state index is 13.9. The fraction of sp³-hybridized carbons (Fsp3) is 0.276. The van der Waals surface area contributed by atoms with E-state index in [1.165, 1.54) is 43.6 Å². The molecule has 0 aromatic heterocycles. The van der Waals surface area contributed by atoms with Gasteiger partial charge in [0.2, 0.25) is 21.8 Å². The summed E-state index contributed by atoms with van der Waals surface area (Å²) in [5.74, 6) is -0.419. The topological polar surface area (TPSA) is 99.1 Å². The van der Waals surface area contributed by atoms with Gasteiger partial charge in [-0.3, -0.25) is 14.5 Å². The van der Waals surface area contributed by atoms with Crippen LogP contribution in [0.4, 0.5) is 11.4 Å². The van der Waals surface area contributed by atoms with E-state index in [0.29, 0.717) is 16.5 Å². The molecular weight excluding hydrogens is 532 g/mol. The van der Waals surface area contributed by atoms with Gasteiger partial charge in [-0.15, -0.1) is 0 Å². The Morgan fingerprint density at radius 1 is 1.05 bits per heavy atom. The molecule has 0 unspecified atom stereocenters.